The summed E-state index contributed by atoms with van der Waals surface area (Å²) in [6.45, 7) is 0.941. The number of aliphatic carboxylic acids is 1. The van der Waals surface area contributed by atoms with Gasteiger partial charge in [0.2, 0.25) is 0 Å². The zero-order valence-corrected chi connectivity index (χ0v) is 10.4. The van der Waals surface area contributed by atoms with E-state index in [9.17, 15) is 18.0 Å². The van der Waals surface area contributed by atoms with E-state index in [0.717, 1.165) is 6.92 Å². The van der Waals surface area contributed by atoms with Crippen molar-refractivity contribution in [2.45, 2.75) is 56.5 Å². The topological polar surface area (TPSA) is 58.6 Å². The highest BCUT2D eigenvalue weighted by molar-refractivity contribution is 5.79. The van der Waals surface area contributed by atoms with Crippen LogP contribution in [0.3, 0.4) is 0 Å². The minimum Gasteiger partial charge on any atom is -0.480 e. The smallest absolute Gasteiger partial charge is 0.414 e. The highest BCUT2D eigenvalue weighted by Gasteiger charge is 2.45. The Morgan fingerprint density at radius 3 is 2.61 bits per heavy atom. The molecule has 1 rings (SSSR count). The maximum atomic E-state index is 12.4. The molecular weight excluding hydrogens is 251 g/mol. The molecule has 3 unspecified atom stereocenters. The highest BCUT2D eigenvalue weighted by Crippen LogP contribution is 2.33. The van der Waals surface area contributed by atoms with Crippen LogP contribution in [-0.2, 0) is 9.53 Å². The summed E-state index contributed by atoms with van der Waals surface area (Å²) in [4.78, 5) is 11.2. The van der Waals surface area contributed by atoms with E-state index in [1.54, 1.807) is 0 Å². The summed E-state index contributed by atoms with van der Waals surface area (Å²) in [5, 5.41) is 11.9. The zero-order valence-electron chi connectivity index (χ0n) is 10.4. The van der Waals surface area contributed by atoms with Crippen LogP contribution < -0.4 is 5.32 Å². The second kappa shape index (κ2) is 5.44. The van der Waals surface area contributed by atoms with Crippen molar-refractivity contribution in [1.29, 1.82) is 0 Å². The van der Waals surface area contributed by atoms with E-state index in [4.69, 9.17) is 9.84 Å². The van der Waals surface area contributed by atoms with Crippen molar-refractivity contribution in [3.8, 4) is 0 Å². The Balaban J connectivity index is 2.67. The first-order valence-corrected chi connectivity index (χ1v) is 5.86. The van der Waals surface area contributed by atoms with Crippen LogP contribution in [0.2, 0.25) is 0 Å². The lowest BCUT2D eigenvalue weighted by Crippen LogP contribution is -2.55. The van der Waals surface area contributed by atoms with Crippen molar-refractivity contribution >= 4 is 5.97 Å². The molecule has 0 amide bonds. The number of alkyl halides is 3. The Labute approximate surface area is 103 Å². The molecule has 4 nitrogen and oxygen atoms in total. The first kappa shape index (κ1) is 15.2. The fourth-order valence-corrected chi connectivity index (χ4v) is 2.23. The third-order valence-corrected chi connectivity index (χ3v) is 3.45. The van der Waals surface area contributed by atoms with Crippen molar-refractivity contribution in [2.75, 3.05) is 7.05 Å². The molecule has 0 spiro atoms. The van der Waals surface area contributed by atoms with Gasteiger partial charge in [0.1, 0.15) is 5.54 Å². The standard InChI is InChI=1S/C11H18F3NO3/c1-7(11(12,13)14)18-8-4-3-5-10(6-8,15-2)9(16)17/h7-8,15H,3-6H2,1-2H3,(H,16,17). The Hall–Kier alpha value is -0.820. The lowest BCUT2D eigenvalue weighted by Gasteiger charge is -2.38. The largest absolute Gasteiger partial charge is 0.480 e. The van der Waals surface area contributed by atoms with Gasteiger partial charge in [-0.25, -0.2) is 0 Å². The number of hydrogen-bond donors (Lipinski definition) is 2. The Bertz CT molecular complexity index is 308. The molecule has 2 N–H and O–H groups in total. The summed E-state index contributed by atoms with van der Waals surface area (Å²) < 4.78 is 42.1. The predicted molar refractivity (Wildman–Crippen MR) is 58.3 cm³/mol. The maximum Gasteiger partial charge on any atom is 0.414 e. The Kier molecular flexibility index (Phi) is 4.61. The summed E-state index contributed by atoms with van der Waals surface area (Å²) in [5.74, 6) is -1.04. The van der Waals surface area contributed by atoms with Crippen LogP contribution >= 0.6 is 0 Å². The Morgan fingerprint density at radius 2 is 2.17 bits per heavy atom. The van der Waals surface area contributed by atoms with E-state index in [1.807, 2.05) is 0 Å². The van der Waals surface area contributed by atoms with Gasteiger partial charge < -0.3 is 15.2 Å². The van der Waals surface area contributed by atoms with Crippen LogP contribution in [0.25, 0.3) is 0 Å². The number of carboxylic acids is 1. The first-order valence-electron chi connectivity index (χ1n) is 5.86. The number of rotatable bonds is 4. The fraction of sp³-hybridized carbons (Fsp3) is 0.909. The summed E-state index contributed by atoms with van der Waals surface area (Å²) in [7, 11) is 1.50. The van der Waals surface area contributed by atoms with Gasteiger partial charge in [0, 0.05) is 6.42 Å². The van der Waals surface area contributed by atoms with E-state index in [0.29, 0.717) is 19.3 Å². The average molecular weight is 269 g/mol. The van der Waals surface area contributed by atoms with Gasteiger partial charge in [-0.2, -0.15) is 13.2 Å². The highest BCUT2D eigenvalue weighted by atomic mass is 19.4. The van der Waals surface area contributed by atoms with Gasteiger partial charge >= 0.3 is 12.1 Å². The molecule has 0 aromatic rings. The van der Waals surface area contributed by atoms with Gasteiger partial charge in [0.05, 0.1) is 6.10 Å². The molecule has 1 aliphatic carbocycles. The van der Waals surface area contributed by atoms with E-state index < -0.39 is 29.9 Å². The molecule has 18 heavy (non-hydrogen) atoms. The van der Waals surface area contributed by atoms with Gasteiger partial charge in [-0.15, -0.1) is 0 Å². The number of carboxylic acid groups (broad SMARTS) is 1. The van der Waals surface area contributed by atoms with Crippen molar-refractivity contribution in [1.82, 2.24) is 5.32 Å². The van der Waals surface area contributed by atoms with E-state index in [-0.39, 0.29) is 6.42 Å². The third-order valence-electron chi connectivity index (χ3n) is 3.45. The minimum atomic E-state index is -4.41. The normalized spacial score (nSPS) is 31.1. The molecule has 1 aliphatic rings. The second-order valence-electron chi connectivity index (χ2n) is 4.68. The van der Waals surface area contributed by atoms with Crippen molar-refractivity contribution < 1.29 is 27.8 Å². The van der Waals surface area contributed by atoms with Crippen LogP contribution in [0.15, 0.2) is 0 Å². The summed E-state index contributed by atoms with van der Waals surface area (Å²) in [6.07, 6.45) is -5.52. The molecule has 0 radical (unpaired) electrons. The van der Waals surface area contributed by atoms with Crippen LogP contribution in [0.4, 0.5) is 13.2 Å². The molecule has 3 atom stereocenters. The van der Waals surface area contributed by atoms with Crippen LogP contribution in [0.1, 0.15) is 32.6 Å². The average Bonchev–Trinajstić information content (AvgIpc) is 2.27. The van der Waals surface area contributed by atoms with E-state index in [1.165, 1.54) is 7.05 Å². The van der Waals surface area contributed by atoms with Crippen LogP contribution in [0.5, 0.6) is 0 Å². The van der Waals surface area contributed by atoms with E-state index in [2.05, 4.69) is 5.32 Å². The molecule has 0 saturated heterocycles. The monoisotopic (exact) mass is 269 g/mol. The number of carbonyl (C=O) groups is 1. The van der Waals surface area contributed by atoms with Crippen molar-refractivity contribution in [2.24, 2.45) is 0 Å². The van der Waals surface area contributed by atoms with Gasteiger partial charge in [0.15, 0.2) is 6.10 Å². The maximum absolute atomic E-state index is 12.4. The summed E-state index contributed by atoms with van der Waals surface area (Å²) in [5.41, 5.74) is -1.17. The summed E-state index contributed by atoms with van der Waals surface area (Å²) >= 11 is 0. The number of halogens is 3. The lowest BCUT2D eigenvalue weighted by atomic mass is 9.80. The number of likely N-dealkylation sites (N-methyl/N-ethyl adjacent to an activating group) is 1. The number of hydrogen-bond acceptors (Lipinski definition) is 3. The molecule has 0 aromatic carbocycles. The second-order valence-corrected chi connectivity index (χ2v) is 4.68. The lowest BCUT2D eigenvalue weighted by molar-refractivity contribution is -0.231. The molecule has 0 aromatic heterocycles. The molecule has 1 saturated carbocycles. The van der Waals surface area contributed by atoms with E-state index >= 15 is 0 Å². The molecule has 7 heteroatoms. The van der Waals surface area contributed by atoms with Crippen molar-refractivity contribution in [3.05, 3.63) is 0 Å². The minimum absolute atomic E-state index is 0.0548. The van der Waals surface area contributed by atoms with Gasteiger partial charge in [-0.05, 0) is 33.2 Å². The van der Waals surface area contributed by atoms with Crippen molar-refractivity contribution in [3.63, 3.8) is 0 Å². The van der Waals surface area contributed by atoms with Crippen LogP contribution in [-0.4, -0.2) is 42.0 Å². The molecule has 1 fully saturated rings. The quantitative estimate of drug-likeness (QED) is 0.819. The molecule has 0 heterocycles. The third kappa shape index (κ3) is 3.35. The number of ether oxygens (including phenoxy) is 1. The fourth-order valence-electron chi connectivity index (χ4n) is 2.23. The molecule has 106 valence electrons. The zero-order chi connectivity index (χ0) is 14.0. The van der Waals surface area contributed by atoms with Gasteiger partial charge in [-0.3, -0.25) is 4.79 Å². The van der Waals surface area contributed by atoms with Gasteiger partial charge in [0.25, 0.3) is 0 Å². The summed E-state index contributed by atoms with van der Waals surface area (Å²) in [6, 6.07) is 0. The van der Waals surface area contributed by atoms with Crippen LogP contribution in [0, 0.1) is 0 Å². The molecule has 0 aliphatic heterocycles. The predicted octanol–water partition coefficient (Wildman–Crippen LogP) is 1.94. The first-order chi connectivity index (χ1) is 8.21. The SMILES string of the molecule is CNC1(C(=O)O)CCCC(OC(C)C(F)(F)F)C1. The Morgan fingerprint density at radius 1 is 1.56 bits per heavy atom. The molecular formula is C11H18F3NO3. The number of nitrogens with one attached hydrogen (secondary N) is 1. The van der Waals surface area contributed by atoms with Gasteiger partial charge in [-0.1, -0.05) is 0 Å². The molecule has 0 bridgehead atoms.